The first-order valence-electron chi connectivity index (χ1n) is 11.1. The lowest BCUT2D eigenvalue weighted by Gasteiger charge is -2.40. The third-order valence-electron chi connectivity index (χ3n) is 6.62. The molecule has 0 saturated carbocycles. The smallest absolute Gasteiger partial charge is 0.319 e. The molecule has 0 radical (unpaired) electrons. The summed E-state index contributed by atoms with van der Waals surface area (Å²) in [5, 5.41) is 14.6. The molecule has 5 rings (SSSR count). The Bertz CT molecular complexity index is 1420. The SMILES string of the molecule is COc1ccc([C@@H]2C(C#N)=C(N)O[C@@H]3c4ccccc4OC(=O)[C@H]32)cc1Cn1nc(C)c(Br)c1C. The van der Waals surface area contributed by atoms with Gasteiger partial charge < -0.3 is 19.9 Å². The van der Waals surface area contributed by atoms with Crippen LogP contribution in [0.4, 0.5) is 0 Å². The highest BCUT2D eigenvalue weighted by molar-refractivity contribution is 9.10. The number of carbonyl (C=O) groups is 1. The van der Waals surface area contributed by atoms with E-state index in [1.54, 1.807) is 19.2 Å². The number of esters is 1. The molecule has 9 heteroatoms. The minimum absolute atomic E-state index is 0.0168. The number of methoxy groups -OCH3 is 1. The van der Waals surface area contributed by atoms with Crippen molar-refractivity contribution in [2.75, 3.05) is 7.11 Å². The molecular formula is C26H23BrN4O4. The lowest BCUT2D eigenvalue weighted by Crippen LogP contribution is -2.41. The standard InChI is InChI=1S/C26H23BrN4O4/c1-13-23(27)14(2)31(30-13)12-16-10-15(8-9-19(16)33-3)21-18(11-28)25(29)35-24-17-6-4-5-7-20(17)34-26(32)22(21)24/h4-10,21-22,24H,12,29H2,1-3H3/t21-,22+,24-/m1/s1. The molecule has 3 heterocycles. The van der Waals surface area contributed by atoms with Crippen LogP contribution in [0.5, 0.6) is 11.5 Å². The highest BCUT2D eigenvalue weighted by Gasteiger charge is 2.50. The van der Waals surface area contributed by atoms with Crippen LogP contribution in [0.25, 0.3) is 0 Å². The van der Waals surface area contributed by atoms with Crippen molar-refractivity contribution >= 4 is 21.9 Å². The van der Waals surface area contributed by atoms with Gasteiger partial charge in [-0.1, -0.05) is 24.3 Å². The number of hydrogen-bond donors (Lipinski definition) is 1. The first kappa shape index (κ1) is 23.0. The van der Waals surface area contributed by atoms with E-state index in [-0.39, 0.29) is 11.5 Å². The van der Waals surface area contributed by atoms with Crippen molar-refractivity contribution in [3.05, 3.63) is 86.5 Å². The van der Waals surface area contributed by atoms with E-state index >= 15 is 0 Å². The Morgan fingerprint density at radius 1 is 1.26 bits per heavy atom. The zero-order chi connectivity index (χ0) is 24.9. The van der Waals surface area contributed by atoms with E-state index in [9.17, 15) is 10.1 Å². The van der Waals surface area contributed by atoms with Gasteiger partial charge in [0.05, 0.1) is 35.1 Å². The molecule has 0 bridgehead atoms. The lowest BCUT2D eigenvalue weighted by molar-refractivity contribution is -0.148. The van der Waals surface area contributed by atoms with E-state index in [1.807, 2.05) is 48.9 Å². The molecule has 0 fully saturated rings. The maximum atomic E-state index is 13.2. The van der Waals surface area contributed by atoms with E-state index in [4.69, 9.17) is 19.9 Å². The molecule has 1 aromatic heterocycles. The Balaban J connectivity index is 1.63. The van der Waals surface area contributed by atoms with Crippen LogP contribution in [-0.2, 0) is 16.1 Å². The summed E-state index contributed by atoms with van der Waals surface area (Å²) in [6.07, 6.45) is -0.660. The molecule has 178 valence electrons. The van der Waals surface area contributed by atoms with Crippen molar-refractivity contribution in [3.8, 4) is 17.6 Å². The molecule has 0 aliphatic carbocycles. The van der Waals surface area contributed by atoms with Gasteiger partial charge in [0.25, 0.3) is 0 Å². The molecule has 2 aliphatic rings. The van der Waals surface area contributed by atoms with E-state index in [0.717, 1.165) is 32.6 Å². The van der Waals surface area contributed by atoms with Crippen LogP contribution in [0.15, 0.2) is 58.4 Å². The fourth-order valence-corrected chi connectivity index (χ4v) is 5.17. The van der Waals surface area contributed by atoms with Crippen LogP contribution in [0.1, 0.15) is 40.1 Å². The number of fused-ring (bicyclic) bond motifs is 3. The number of hydrogen-bond acceptors (Lipinski definition) is 7. The molecule has 3 atom stereocenters. The average Bonchev–Trinajstić information content (AvgIpc) is 3.09. The number of nitrogens with zero attached hydrogens (tertiary/aromatic N) is 3. The van der Waals surface area contributed by atoms with Gasteiger partial charge in [-0.15, -0.1) is 0 Å². The predicted octanol–water partition coefficient (Wildman–Crippen LogP) is 4.40. The summed E-state index contributed by atoms with van der Waals surface area (Å²) in [4.78, 5) is 13.2. The Hall–Kier alpha value is -3.77. The summed E-state index contributed by atoms with van der Waals surface area (Å²) in [6.45, 7) is 4.36. The molecule has 3 aromatic rings. The molecule has 8 nitrogen and oxygen atoms in total. The number of nitriles is 1. The summed E-state index contributed by atoms with van der Waals surface area (Å²) >= 11 is 3.57. The Labute approximate surface area is 211 Å². The maximum absolute atomic E-state index is 13.2. The van der Waals surface area contributed by atoms with Gasteiger partial charge in [-0.05, 0) is 53.5 Å². The Morgan fingerprint density at radius 3 is 2.71 bits per heavy atom. The summed E-state index contributed by atoms with van der Waals surface area (Å²) < 4.78 is 20.0. The number of rotatable bonds is 4. The highest BCUT2D eigenvalue weighted by atomic mass is 79.9. The minimum Gasteiger partial charge on any atom is -0.496 e. The minimum atomic E-state index is -0.768. The number of nitrogens with two attached hydrogens (primary N) is 1. The van der Waals surface area contributed by atoms with Crippen LogP contribution in [0.2, 0.25) is 0 Å². The number of aromatic nitrogens is 2. The van der Waals surface area contributed by atoms with Gasteiger partial charge >= 0.3 is 5.97 Å². The van der Waals surface area contributed by atoms with Gasteiger partial charge in [0, 0.05) is 17.0 Å². The van der Waals surface area contributed by atoms with Gasteiger partial charge in [0.2, 0.25) is 0 Å². The number of ether oxygens (including phenoxy) is 3. The maximum Gasteiger partial charge on any atom is 0.319 e. The molecule has 2 aliphatic heterocycles. The largest absolute Gasteiger partial charge is 0.496 e. The van der Waals surface area contributed by atoms with Crippen molar-refractivity contribution in [1.82, 2.24) is 9.78 Å². The quantitative estimate of drug-likeness (QED) is 0.389. The van der Waals surface area contributed by atoms with Crippen molar-refractivity contribution in [2.45, 2.75) is 32.4 Å². The third-order valence-corrected chi connectivity index (χ3v) is 7.77. The molecule has 35 heavy (non-hydrogen) atoms. The van der Waals surface area contributed by atoms with Crippen molar-refractivity contribution < 1.29 is 19.0 Å². The van der Waals surface area contributed by atoms with Gasteiger partial charge in [0.1, 0.15) is 29.6 Å². The van der Waals surface area contributed by atoms with Crippen molar-refractivity contribution in [2.24, 2.45) is 11.7 Å². The third kappa shape index (κ3) is 3.74. The van der Waals surface area contributed by atoms with Crippen LogP contribution in [0, 0.1) is 31.1 Å². The molecule has 0 unspecified atom stereocenters. The Morgan fingerprint density at radius 2 is 2.03 bits per heavy atom. The fraction of sp³-hybridized carbons (Fsp3) is 0.269. The van der Waals surface area contributed by atoms with Gasteiger partial charge in [0.15, 0.2) is 5.88 Å². The number of aryl methyl sites for hydroxylation is 1. The Kier molecular flexibility index (Phi) is 5.77. The second-order valence-corrected chi connectivity index (χ2v) is 9.40. The predicted molar refractivity (Wildman–Crippen MR) is 130 cm³/mol. The van der Waals surface area contributed by atoms with Gasteiger partial charge in [-0.2, -0.15) is 10.4 Å². The molecule has 2 aromatic carbocycles. The highest BCUT2D eigenvalue weighted by Crippen LogP contribution is 2.51. The number of allylic oxidation sites excluding steroid dienone is 1. The zero-order valence-corrected chi connectivity index (χ0v) is 21.0. The summed E-state index contributed by atoms with van der Waals surface area (Å²) in [5.74, 6) is -0.737. The summed E-state index contributed by atoms with van der Waals surface area (Å²) in [7, 11) is 1.61. The fourth-order valence-electron chi connectivity index (χ4n) is 4.89. The second kappa shape index (κ2) is 8.78. The zero-order valence-electron chi connectivity index (χ0n) is 19.4. The summed E-state index contributed by atoms with van der Waals surface area (Å²) in [6, 6.07) is 15.0. The van der Waals surface area contributed by atoms with Crippen LogP contribution in [0.3, 0.4) is 0 Å². The molecule has 0 amide bonds. The number of carbonyl (C=O) groups excluding carboxylic acids is 1. The van der Waals surface area contributed by atoms with Crippen LogP contribution < -0.4 is 15.2 Å². The van der Waals surface area contributed by atoms with Crippen LogP contribution in [-0.4, -0.2) is 22.9 Å². The molecule has 0 saturated heterocycles. The van der Waals surface area contributed by atoms with Crippen molar-refractivity contribution in [1.29, 1.82) is 5.26 Å². The normalized spacial score (nSPS) is 20.9. The number of benzene rings is 2. The number of halogens is 1. The average molecular weight is 535 g/mol. The van der Waals surface area contributed by atoms with Crippen LogP contribution >= 0.6 is 15.9 Å². The van der Waals surface area contributed by atoms with E-state index < -0.39 is 23.9 Å². The molecular weight excluding hydrogens is 512 g/mol. The van der Waals surface area contributed by atoms with Gasteiger partial charge in [-0.3, -0.25) is 9.48 Å². The topological polar surface area (TPSA) is 112 Å². The monoisotopic (exact) mass is 534 g/mol. The van der Waals surface area contributed by atoms with Gasteiger partial charge in [-0.25, -0.2) is 0 Å². The number of para-hydroxylation sites is 1. The molecule has 2 N–H and O–H groups in total. The first-order valence-corrected chi connectivity index (χ1v) is 11.9. The van der Waals surface area contributed by atoms with Crippen molar-refractivity contribution in [3.63, 3.8) is 0 Å². The lowest BCUT2D eigenvalue weighted by atomic mass is 9.73. The second-order valence-electron chi connectivity index (χ2n) is 8.60. The summed E-state index contributed by atoms with van der Waals surface area (Å²) in [5.41, 5.74) is 10.6. The first-order chi connectivity index (χ1) is 16.8. The van der Waals surface area contributed by atoms with E-state index in [1.165, 1.54) is 0 Å². The van der Waals surface area contributed by atoms with E-state index in [2.05, 4.69) is 27.1 Å². The molecule has 0 spiro atoms. The van der Waals surface area contributed by atoms with E-state index in [0.29, 0.717) is 18.0 Å².